The monoisotopic (exact) mass is 565 g/mol. The number of sulfone groups is 1. The molecule has 10 nitrogen and oxygen atoms in total. The molecule has 0 bridgehead atoms. The van der Waals surface area contributed by atoms with Crippen LogP contribution in [0.3, 0.4) is 0 Å². The van der Waals surface area contributed by atoms with Crippen molar-refractivity contribution in [2.45, 2.75) is 37.0 Å². The lowest BCUT2D eigenvalue weighted by Crippen LogP contribution is -2.52. The molecular weight excluding hydrogens is 539 g/mol. The average Bonchev–Trinajstić information content (AvgIpc) is 2.87. The van der Waals surface area contributed by atoms with E-state index in [1.807, 2.05) is 0 Å². The Morgan fingerprint density at radius 3 is 2.62 bits per heavy atom. The lowest BCUT2D eigenvalue weighted by Gasteiger charge is -2.40. The number of rotatable bonds is 8. The highest BCUT2D eigenvalue weighted by molar-refractivity contribution is 7.89. The third kappa shape index (κ3) is 7.20. The topological polar surface area (TPSA) is 134 Å². The summed E-state index contributed by atoms with van der Waals surface area (Å²) in [4.78, 5) is 37.0. The molecule has 0 aliphatic carbocycles. The van der Waals surface area contributed by atoms with Crippen LogP contribution in [-0.4, -0.2) is 65.5 Å². The molecule has 1 amide bonds. The van der Waals surface area contributed by atoms with Gasteiger partial charge in [0, 0.05) is 37.5 Å². The maximum atomic E-state index is 14.9. The van der Waals surface area contributed by atoms with Gasteiger partial charge in [-0.15, -0.1) is 0 Å². The Bertz CT molecular complexity index is 1500. The minimum Gasteiger partial charge on any atom is -0.438 e. The van der Waals surface area contributed by atoms with E-state index in [1.54, 1.807) is 11.8 Å². The van der Waals surface area contributed by atoms with Gasteiger partial charge in [-0.05, 0) is 42.8 Å². The molecule has 2 aromatic heterocycles. The third-order valence-electron chi connectivity index (χ3n) is 6.32. The fourth-order valence-electron chi connectivity index (χ4n) is 4.22. The molecule has 2 N–H and O–H groups in total. The van der Waals surface area contributed by atoms with Crippen LogP contribution in [-0.2, 0) is 20.4 Å². The highest BCUT2D eigenvalue weighted by atomic mass is 32.2. The number of pyridine rings is 1. The molecule has 3 aromatic rings. The van der Waals surface area contributed by atoms with E-state index in [-0.39, 0.29) is 35.9 Å². The molecular formula is C25H26F3N5O5S. The summed E-state index contributed by atoms with van der Waals surface area (Å²) in [5.74, 6) is -5.43. The number of carbonyl (C=O) groups is 1. The van der Waals surface area contributed by atoms with Crippen LogP contribution in [0, 0.1) is 5.82 Å². The van der Waals surface area contributed by atoms with E-state index in [0.717, 1.165) is 12.5 Å². The Morgan fingerprint density at radius 1 is 1.26 bits per heavy atom. The summed E-state index contributed by atoms with van der Waals surface area (Å²) >= 11 is 0. The number of nitrogens with zero attached hydrogens (tertiary/aromatic N) is 3. The van der Waals surface area contributed by atoms with Crippen LogP contribution in [0.4, 0.5) is 19.0 Å². The van der Waals surface area contributed by atoms with E-state index in [1.165, 1.54) is 42.7 Å². The van der Waals surface area contributed by atoms with Crippen LogP contribution < -0.4 is 15.6 Å². The van der Waals surface area contributed by atoms with Gasteiger partial charge in [0.05, 0.1) is 30.1 Å². The van der Waals surface area contributed by atoms with E-state index < -0.39 is 57.2 Å². The summed E-state index contributed by atoms with van der Waals surface area (Å²) in [6.45, 7) is 1.30. The number of aromatic amines is 1. The second-order valence-electron chi connectivity index (χ2n) is 9.38. The molecule has 0 spiro atoms. The molecule has 4 rings (SSSR count). The van der Waals surface area contributed by atoms with Crippen molar-refractivity contribution in [1.29, 1.82) is 0 Å². The van der Waals surface area contributed by atoms with E-state index in [0.29, 0.717) is 5.75 Å². The van der Waals surface area contributed by atoms with Crippen molar-refractivity contribution in [2.75, 3.05) is 24.7 Å². The van der Waals surface area contributed by atoms with Crippen molar-refractivity contribution in [3.63, 3.8) is 0 Å². The van der Waals surface area contributed by atoms with Gasteiger partial charge in [-0.1, -0.05) is 0 Å². The minimum atomic E-state index is -3.56. The number of piperidine rings is 1. The number of alkyl halides is 2. The lowest BCUT2D eigenvalue weighted by molar-refractivity contribution is -0.125. The van der Waals surface area contributed by atoms with Crippen molar-refractivity contribution in [2.24, 2.45) is 0 Å². The van der Waals surface area contributed by atoms with Gasteiger partial charge in [-0.25, -0.2) is 31.6 Å². The van der Waals surface area contributed by atoms with Gasteiger partial charge in [0.2, 0.25) is 11.8 Å². The first-order chi connectivity index (χ1) is 18.3. The van der Waals surface area contributed by atoms with Crippen LogP contribution in [0.15, 0.2) is 53.7 Å². The number of aromatic nitrogens is 3. The first kappa shape index (κ1) is 28.2. The SMILES string of the molecule is CC(C(=O)Nc1cnc(Oc2ccc(F)cc2)cn1)N1CCC(F)(F)[C@@H](c2c[nH]c(=O)c(CS(C)(=O)=O)c2)C1. The van der Waals surface area contributed by atoms with Crippen molar-refractivity contribution in [3.05, 3.63) is 76.2 Å². The van der Waals surface area contributed by atoms with Crippen LogP contribution in [0.1, 0.15) is 30.4 Å². The quantitative estimate of drug-likeness (QED) is 0.426. The Balaban J connectivity index is 1.43. The zero-order chi connectivity index (χ0) is 28.4. The van der Waals surface area contributed by atoms with Crippen LogP contribution in [0.2, 0.25) is 0 Å². The van der Waals surface area contributed by atoms with Gasteiger partial charge in [-0.3, -0.25) is 14.5 Å². The summed E-state index contributed by atoms with van der Waals surface area (Å²) in [6.07, 6.45) is 4.11. The summed E-state index contributed by atoms with van der Waals surface area (Å²) in [5.41, 5.74) is -0.708. The normalized spacial score (nSPS) is 18.3. The number of likely N-dealkylation sites (tertiary alicyclic amines) is 1. The number of nitrogens with one attached hydrogen (secondary N) is 2. The van der Waals surface area contributed by atoms with E-state index in [9.17, 15) is 31.2 Å². The molecule has 0 radical (unpaired) electrons. The zero-order valence-corrected chi connectivity index (χ0v) is 21.8. The number of benzene rings is 1. The van der Waals surface area contributed by atoms with Gasteiger partial charge >= 0.3 is 0 Å². The number of carbonyl (C=O) groups excluding carboxylic acids is 1. The summed E-state index contributed by atoms with van der Waals surface area (Å²) in [7, 11) is -3.56. The lowest BCUT2D eigenvalue weighted by atomic mass is 9.86. The Morgan fingerprint density at radius 2 is 1.97 bits per heavy atom. The molecule has 1 fully saturated rings. The molecule has 1 unspecified atom stereocenters. The minimum absolute atomic E-state index is 0.0617. The Labute approximate surface area is 222 Å². The highest BCUT2D eigenvalue weighted by Gasteiger charge is 2.46. The van der Waals surface area contributed by atoms with Crippen LogP contribution >= 0.6 is 0 Å². The summed E-state index contributed by atoms with van der Waals surface area (Å²) < 4.78 is 71.7. The second kappa shape index (κ2) is 11.1. The fourth-order valence-corrected chi connectivity index (χ4v) is 5.00. The van der Waals surface area contributed by atoms with Crippen molar-refractivity contribution < 1.29 is 31.1 Å². The maximum absolute atomic E-state index is 14.9. The molecule has 2 atom stereocenters. The zero-order valence-electron chi connectivity index (χ0n) is 21.0. The third-order valence-corrected chi connectivity index (χ3v) is 7.16. The number of hydrogen-bond donors (Lipinski definition) is 2. The maximum Gasteiger partial charge on any atom is 0.257 e. The highest BCUT2D eigenvalue weighted by Crippen LogP contribution is 2.40. The molecule has 1 aliphatic rings. The Hall–Kier alpha value is -3.78. The molecule has 1 aromatic carbocycles. The predicted molar refractivity (Wildman–Crippen MR) is 136 cm³/mol. The summed E-state index contributed by atoms with van der Waals surface area (Å²) in [6, 6.07) is 5.67. The number of hydrogen-bond acceptors (Lipinski definition) is 8. The number of anilines is 1. The van der Waals surface area contributed by atoms with Gasteiger partial charge < -0.3 is 15.0 Å². The smallest absolute Gasteiger partial charge is 0.257 e. The fraction of sp³-hybridized carbons (Fsp3) is 0.360. The standard InChI is InChI=1S/C25H26F3N5O5S/c1-15(23(34)32-21-11-30-22(12-29-21)38-19-5-3-18(26)4-6-19)33-8-7-25(27,28)20(13-33)16-9-17(14-39(2,36)37)24(35)31-10-16/h3-6,9-12,15,20H,7-8,13-14H2,1-2H3,(H,31,35)(H,29,32,34)/t15?,20-/m1/s1. The summed E-state index contributed by atoms with van der Waals surface area (Å²) in [5, 5.41) is 2.59. The molecule has 14 heteroatoms. The van der Waals surface area contributed by atoms with Gasteiger partial charge in [0.1, 0.15) is 11.6 Å². The molecule has 0 saturated carbocycles. The van der Waals surface area contributed by atoms with E-state index >= 15 is 0 Å². The number of ether oxygens (including phenoxy) is 1. The second-order valence-corrected chi connectivity index (χ2v) is 11.5. The van der Waals surface area contributed by atoms with Gasteiger partial charge in [0.25, 0.3) is 11.5 Å². The van der Waals surface area contributed by atoms with Gasteiger partial charge in [-0.2, -0.15) is 0 Å². The largest absolute Gasteiger partial charge is 0.438 e. The number of halogens is 3. The molecule has 1 saturated heterocycles. The van der Waals surface area contributed by atoms with Crippen molar-refractivity contribution >= 4 is 21.6 Å². The molecule has 208 valence electrons. The van der Waals surface area contributed by atoms with E-state index in [4.69, 9.17) is 4.74 Å². The molecule has 39 heavy (non-hydrogen) atoms. The van der Waals surface area contributed by atoms with Gasteiger partial charge in [0.15, 0.2) is 15.7 Å². The number of amides is 1. The molecule has 1 aliphatic heterocycles. The van der Waals surface area contributed by atoms with Crippen LogP contribution in [0.25, 0.3) is 0 Å². The Kier molecular flexibility index (Phi) is 8.07. The number of H-pyrrole nitrogens is 1. The van der Waals surface area contributed by atoms with Crippen molar-refractivity contribution in [3.8, 4) is 11.6 Å². The van der Waals surface area contributed by atoms with Crippen molar-refractivity contribution in [1.82, 2.24) is 19.9 Å². The average molecular weight is 566 g/mol. The molecule has 3 heterocycles. The first-order valence-corrected chi connectivity index (χ1v) is 13.9. The van der Waals surface area contributed by atoms with Crippen LogP contribution in [0.5, 0.6) is 11.6 Å². The first-order valence-electron chi connectivity index (χ1n) is 11.9. The predicted octanol–water partition coefficient (Wildman–Crippen LogP) is 3.09. The van der Waals surface area contributed by atoms with E-state index in [2.05, 4.69) is 20.3 Å².